The molecule has 0 saturated carbocycles. The molecule has 1 N–H and O–H groups in total. The van der Waals surface area contributed by atoms with Crippen molar-refractivity contribution in [3.63, 3.8) is 0 Å². The van der Waals surface area contributed by atoms with E-state index in [1.807, 2.05) is 0 Å². The predicted octanol–water partition coefficient (Wildman–Crippen LogP) is 3.27. The van der Waals surface area contributed by atoms with Crippen molar-refractivity contribution in [1.29, 1.82) is 0 Å². The number of carbonyl (C=O) groups excluding carboxylic acids is 1. The summed E-state index contributed by atoms with van der Waals surface area (Å²) >= 11 is 0. The van der Waals surface area contributed by atoms with Gasteiger partial charge in [-0.25, -0.2) is 4.79 Å². The van der Waals surface area contributed by atoms with Crippen LogP contribution in [0.15, 0.2) is 0 Å². The van der Waals surface area contributed by atoms with E-state index in [4.69, 9.17) is 9.84 Å². The second kappa shape index (κ2) is 21.2. The Morgan fingerprint density at radius 3 is 1.42 bits per heavy atom. The van der Waals surface area contributed by atoms with Gasteiger partial charge in [0.1, 0.15) is 0 Å². The zero-order valence-corrected chi connectivity index (χ0v) is 19.6. The maximum atomic E-state index is 11.4. The Morgan fingerprint density at radius 1 is 0.731 bits per heavy atom. The molecule has 0 aromatic heterocycles. The van der Waals surface area contributed by atoms with Crippen LogP contribution in [0.3, 0.4) is 0 Å². The molecule has 0 aliphatic heterocycles. The summed E-state index contributed by atoms with van der Waals surface area (Å²) in [6, 6.07) is 0. The molecule has 0 bridgehead atoms. The summed E-state index contributed by atoms with van der Waals surface area (Å²) in [5, 5.41) is 8.66. The van der Waals surface area contributed by atoms with Crippen LogP contribution in [0.25, 0.3) is 0 Å². The van der Waals surface area contributed by atoms with Gasteiger partial charge in [-0.3, -0.25) is 4.79 Å². The Hall–Kier alpha value is -0.0600. The van der Waals surface area contributed by atoms with Gasteiger partial charge in [0.2, 0.25) is 0 Å². The summed E-state index contributed by atoms with van der Waals surface area (Å²) in [4.78, 5) is 22.0. The Kier molecular flexibility index (Phi) is 23.0. The molecule has 1 atom stereocenters. The maximum absolute atomic E-state index is 11.4. The molecule has 0 radical (unpaired) electrons. The largest absolute Gasteiger partial charge is 1.00 e. The molecule has 0 aliphatic rings. The average Bonchev–Trinajstić information content (AvgIpc) is 2.58. The first-order valence-electron chi connectivity index (χ1n) is 10.5. The van der Waals surface area contributed by atoms with Crippen LogP contribution >= 0.6 is 0 Å². The molecule has 0 amide bonds. The number of hydrogen-bond donors (Lipinski definition) is 1. The van der Waals surface area contributed by atoms with Gasteiger partial charge in [0.15, 0.2) is 6.10 Å². The normalized spacial score (nSPS) is 11.6. The van der Waals surface area contributed by atoms with Gasteiger partial charge in [-0.15, -0.1) is 0 Å². The summed E-state index contributed by atoms with van der Waals surface area (Å²) in [6.07, 6.45) is 18.6. The Morgan fingerprint density at radius 2 is 1.08 bits per heavy atom. The average molecular weight is 380 g/mol. The van der Waals surface area contributed by atoms with E-state index in [1.165, 1.54) is 84.0 Å². The second-order valence-electron chi connectivity index (χ2n) is 7.17. The smallest absolute Gasteiger partial charge is 0.479 e. The third-order valence-electron chi connectivity index (χ3n) is 4.64. The zero-order chi connectivity index (χ0) is 18.8. The Labute approximate surface area is 183 Å². The van der Waals surface area contributed by atoms with E-state index in [0.717, 1.165) is 19.3 Å². The fraction of sp³-hybridized carbons (Fsp3) is 0.905. The minimum absolute atomic E-state index is 0. The Bertz CT molecular complexity index is 334. The van der Waals surface area contributed by atoms with Gasteiger partial charge in [0, 0.05) is 6.42 Å². The number of rotatable bonds is 18. The standard InChI is InChI=1S/C21H40O4.Na/c1-3-4-5-6-7-8-9-10-11-12-13-14-15-16-17-18-20(22)25-19(2)21(23)24;/h19H,3-18H2,1-2H3,(H,23,24);/q;+1. The molecule has 0 aromatic carbocycles. The first-order valence-corrected chi connectivity index (χ1v) is 10.5. The number of hydrogen-bond acceptors (Lipinski definition) is 3. The minimum atomic E-state index is -1.09. The molecule has 0 aromatic rings. The van der Waals surface area contributed by atoms with Crippen molar-refractivity contribution in [3.05, 3.63) is 0 Å². The first kappa shape index (κ1) is 28.2. The monoisotopic (exact) mass is 379 g/mol. The number of carbonyl (C=O) groups is 2. The fourth-order valence-electron chi connectivity index (χ4n) is 2.95. The minimum Gasteiger partial charge on any atom is -0.479 e. The van der Waals surface area contributed by atoms with Crippen molar-refractivity contribution in [2.75, 3.05) is 0 Å². The van der Waals surface area contributed by atoms with E-state index in [2.05, 4.69) is 6.92 Å². The SMILES string of the molecule is CCCCCCCCCCCCCCCCCC(=O)OC(C)C(=O)O.[Na+]. The van der Waals surface area contributed by atoms with Crippen molar-refractivity contribution >= 4 is 11.9 Å². The van der Waals surface area contributed by atoms with E-state index in [0.29, 0.717) is 6.42 Å². The van der Waals surface area contributed by atoms with E-state index in [-0.39, 0.29) is 29.6 Å². The van der Waals surface area contributed by atoms with Crippen molar-refractivity contribution < 1.29 is 49.0 Å². The molecule has 1 unspecified atom stereocenters. The van der Waals surface area contributed by atoms with Crippen LogP contribution < -0.4 is 29.6 Å². The van der Waals surface area contributed by atoms with Gasteiger partial charge in [0.25, 0.3) is 0 Å². The van der Waals surface area contributed by atoms with Crippen LogP contribution in [-0.2, 0) is 14.3 Å². The van der Waals surface area contributed by atoms with Crippen LogP contribution in [0.5, 0.6) is 0 Å². The van der Waals surface area contributed by atoms with Crippen LogP contribution in [-0.4, -0.2) is 23.1 Å². The van der Waals surface area contributed by atoms with Gasteiger partial charge in [-0.1, -0.05) is 96.8 Å². The third-order valence-corrected chi connectivity index (χ3v) is 4.64. The van der Waals surface area contributed by atoms with Crippen molar-refractivity contribution in [2.45, 2.75) is 123 Å². The summed E-state index contributed by atoms with van der Waals surface area (Å²) in [5.41, 5.74) is 0. The number of carboxylic acids is 1. The summed E-state index contributed by atoms with van der Waals surface area (Å²) in [6.45, 7) is 3.64. The topological polar surface area (TPSA) is 63.6 Å². The van der Waals surface area contributed by atoms with Gasteiger partial charge < -0.3 is 9.84 Å². The molecule has 148 valence electrons. The van der Waals surface area contributed by atoms with Crippen LogP contribution in [0.4, 0.5) is 0 Å². The summed E-state index contributed by atoms with van der Waals surface area (Å²) in [7, 11) is 0. The van der Waals surface area contributed by atoms with Crippen molar-refractivity contribution in [3.8, 4) is 0 Å². The number of ether oxygens (including phenoxy) is 1. The van der Waals surface area contributed by atoms with Gasteiger partial charge in [-0.2, -0.15) is 0 Å². The number of unbranched alkanes of at least 4 members (excludes halogenated alkanes) is 14. The van der Waals surface area contributed by atoms with Crippen LogP contribution in [0.2, 0.25) is 0 Å². The number of aliphatic carboxylic acids is 1. The molecular formula is C21H40NaO4+. The number of carboxylic acid groups (broad SMARTS) is 1. The van der Waals surface area contributed by atoms with E-state index >= 15 is 0 Å². The fourth-order valence-corrected chi connectivity index (χ4v) is 2.95. The molecule has 0 fully saturated rings. The molecule has 4 nitrogen and oxygen atoms in total. The molecule has 0 aliphatic carbocycles. The molecule has 0 rings (SSSR count). The molecule has 5 heteroatoms. The van der Waals surface area contributed by atoms with Crippen LogP contribution in [0, 0.1) is 0 Å². The second-order valence-corrected chi connectivity index (χ2v) is 7.17. The molecule has 26 heavy (non-hydrogen) atoms. The van der Waals surface area contributed by atoms with Gasteiger partial charge in [0.05, 0.1) is 0 Å². The van der Waals surface area contributed by atoms with E-state index < -0.39 is 18.0 Å². The molecule has 0 heterocycles. The maximum Gasteiger partial charge on any atom is 1.00 e. The van der Waals surface area contributed by atoms with Gasteiger partial charge in [-0.05, 0) is 13.3 Å². The van der Waals surface area contributed by atoms with E-state index in [9.17, 15) is 9.59 Å². The third kappa shape index (κ3) is 20.3. The number of esters is 1. The van der Waals surface area contributed by atoms with Crippen LogP contribution in [0.1, 0.15) is 117 Å². The molecule has 0 spiro atoms. The molecular weight excluding hydrogens is 339 g/mol. The van der Waals surface area contributed by atoms with Crippen molar-refractivity contribution in [1.82, 2.24) is 0 Å². The Balaban J connectivity index is 0. The van der Waals surface area contributed by atoms with E-state index in [1.54, 1.807) is 0 Å². The molecule has 0 saturated heterocycles. The van der Waals surface area contributed by atoms with Crippen molar-refractivity contribution in [2.24, 2.45) is 0 Å². The quantitative estimate of drug-likeness (QED) is 0.226. The predicted molar refractivity (Wildman–Crippen MR) is 103 cm³/mol. The first-order chi connectivity index (χ1) is 12.1. The summed E-state index contributed by atoms with van der Waals surface area (Å²) < 4.78 is 4.79. The zero-order valence-electron chi connectivity index (χ0n) is 17.6. The van der Waals surface area contributed by atoms with Gasteiger partial charge >= 0.3 is 41.5 Å². The summed E-state index contributed by atoms with van der Waals surface area (Å²) in [5.74, 6) is -1.49.